The number of carbonyl (C=O) groups is 3. The topological polar surface area (TPSA) is 166 Å². The number of nitrogens with zero attached hydrogens (tertiary/aromatic N) is 2. The van der Waals surface area contributed by atoms with Crippen molar-refractivity contribution in [2.75, 3.05) is 34.2 Å². The zero-order chi connectivity index (χ0) is 38.4. The Kier molecular flexibility index (Phi) is 15.4. The number of esters is 1. The Labute approximate surface area is 305 Å². The summed E-state index contributed by atoms with van der Waals surface area (Å²) in [6, 6.07) is -0.619. The summed E-state index contributed by atoms with van der Waals surface area (Å²) in [6.07, 6.45) is -4.03. The fourth-order valence-electron chi connectivity index (χ4n) is 8.28. The zero-order valence-corrected chi connectivity index (χ0v) is 33.0. The highest BCUT2D eigenvalue weighted by Crippen LogP contribution is 2.40. The molecule has 3 aliphatic rings. The number of alkyl carbamates (subject to hydrolysis) is 1. The SMILES string of the molecule is CCCCCNC(=O)O[C@H]1[C@H](C)[C@@H](O[C@@H]2O[C@H](C)C[C@H](N(C)C)[C@H]2O)[C@](C)(O)C[C@@H](C)CN(C)[C@H](C)[C@H]2OC(=O)O[C@]2(C)[C@@H](CC)OC(=O)[C@@H]1C. The number of likely N-dealkylation sites (N-methyl/N-ethyl adjacent to an activating group) is 2. The van der Waals surface area contributed by atoms with E-state index < -0.39 is 78.1 Å². The fraction of sp³-hybridized carbons (Fsp3) is 0.919. The lowest BCUT2D eigenvalue weighted by molar-refractivity contribution is -0.299. The molecule has 3 N–H and O–H groups in total. The Hall–Kier alpha value is -2.23. The monoisotopic (exact) mass is 729 g/mol. The predicted molar refractivity (Wildman–Crippen MR) is 190 cm³/mol. The second-order valence-corrected chi connectivity index (χ2v) is 16.0. The van der Waals surface area contributed by atoms with Crippen LogP contribution in [0.1, 0.15) is 101 Å². The summed E-state index contributed by atoms with van der Waals surface area (Å²) in [7, 11) is 5.67. The first-order valence-corrected chi connectivity index (χ1v) is 18.9. The van der Waals surface area contributed by atoms with E-state index in [4.69, 9.17) is 28.4 Å². The van der Waals surface area contributed by atoms with Crippen LogP contribution in [0, 0.1) is 17.8 Å². The molecule has 0 aromatic heterocycles. The molecular weight excluding hydrogens is 662 g/mol. The van der Waals surface area contributed by atoms with Gasteiger partial charge in [0.25, 0.3) is 0 Å². The quantitative estimate of drug-likeness (QED) is 0.177. The lowest BCUT2D eigenvalue weighted by Gasteiger charge is -2.47. The largest absolute Gasteiger partial charge is 0.509 e. The number of unbranched alkanes of at least 4 members (excludes halogenated alkanes) is 2. The number of ether oxygens (including phenoxy) is 6. The molecule has 0 aromatic carbocycles. The summed E-state index contributed by atoms with van der Waals surface area (Å²) >= 11 is 0. The molecule has 0 radical (unpaired) electrons. The van der Waals surface area contributed by atoms with Crippen LogP contribution in [0.15, 0.2) is 0 Å². The van der Waals surface area contributed by atoms with Crippen molar-refractivity contribution in [1.82, 2.24) is 15.1 Å². The molecule has 14 atom stereocenters. The maximum atomic E-state index is 14.1. The average molecular weight is 730 g/mol. The number of aliphatic hydroxyl groups is 2. The Morgan fingerprint density at radius 1 is 1.08 bits per heavy atom. The maximum absolute atomic E-state index is 14.1. The molecule has 0 aliphatic carbocycles. The van der Waals surface area contributed by atoms with E-state index in [0.717, 1.165) is 19.3 Å². The van der Waals surface area contributed by atoms with Crippen LogP contribution in [0.3, 0.4) is 0 Å². The van der Waals surface area contributed by atoms with Gasteiger partial charge in [0.05, 0.1) is 23.7 Å². The Bertz CT molecular complexity index is 1160. The van der Waals surface area contributed by atoms with E-state index in [2.05, 4.69) is 12.2 Å². The van der Waals surface area contributed by atoms with E-state index >= 15 is 0 Å². The highest BCUT2D eigenvalue weighted by molar-refractivity contribution is 5.74. The molecule has 1 amide bonds. The van der Waals surface area contributed by atoms with Gasteiger partial charge in [0.2, 0.25) is 0 Å². The van der Waals surface area contributed by atoms with E-state index in [9.17, 15) is 24.6 Å². The van der Waals surface area contributed by atoms with Gasteiger partial charge in [0, 0.05) is 31.1 Å². The maximum Gasteiger partial charge on any atom is 0.509 e. The van der Waals surface area contributed by atoms with Gasteiger partial charge in [0.1, 0.15) is 18.3 Å². The van der Waals surface area contributed by atoms with Crippen LogP contribution in [0.25, 0.3) is 0 Å². The lowest BCUT2D eigenvalue weighted by atomic mass is 9.77. The number of cyclic esters (lactones) is 1. The number of rotatable bonds is 9. The van der Waals surface area contributed by atoms with E-state index in [1.165, 1.54) is 0 Å². The van der Waals surface area contributed by atoms with Crippen molar-refractivity contribution in [3.63, 3.8) is 0 Å². The summed E-state index contributed by atoms with van der Waals surface area (Å²) in [5.74, 6) is -2.66. The van der Waals surface area contributed by atoms with Gasteiger partial charge >= 0.3 is 18.2 Å². The van der Waals surface area contributed by atoms with Crippen molar-refractivity contribution in [3.8, 4) is 0 Å². The predicted octanol–water partition coefficient (Wildman–Crippen LogP) is 4.08. The van der Waals surface area contributed by atoms with Crippen LogP contribution in [0.5, 0.6) is 0 Å². The van der Waals surface area contributed by atoms with Crippen molar-refractivity contribution in [3.05, 3.63) is 0 Å². The fourth-order valence-corrected chi connectivity index (χ4v) is 8.28. The Balaban J connectivity index is 2.11. The number of amides is 1. The van der Waals surface area contributed by atoms with Crippen LogP contribution in [-0.4, -0.2) is 139 Å². The van der Waals surface area contributed by atoms with Crippen molar-refractivity contribution < 1.29 is 53.0 Å². The molecule has 0 saturated carbocycles. The summed E-state index contributed by atoms with van der Waals surface area (Å²) in [5.41, 5.74) is -2.87. The number of carbonyl (C=O) groups excluding carboxylic acids is 3. The molecule has 296 valence electrons. The molecule has 3 fully saturated rings. The van der Waals surface area contributed by atoms with Gasteiger partial charge in [-0.1, -0.05) is 40.5 Å². The van der Waals surface area contributed by atoms with Gasteiger partial charge in [-0.2, -0.15) is 0 Å². The van der Waals surface area contributed by atoms with Crippen LogP contribution in [0.4, 0.5) is 9.59 Å². The first kappa shape index (κ1) is 43.2. The average Bonchev–Trinajstić information content (AvgIpc) is 3.36. The highest BCUT2D eigenvalue weighted by atomic mass is 16.8. The van der Waals surface area contributed by atoms with Gasteiger partial charge in [-0.25, -0.2) is 9.59 Å². The molecule has 14 heteroatoms. The van der Waals surface area contributed by atoms with Crippen molar-refractivity contribution >= 4 is 18.2 Å². The van der Waals surface area contributed by atoms with Crippen molar-refractivity contribution in [2.45, 2.75) is 167 Å². The number of aliphatic hydroxyl groups excluding tert-OH is 1. The number of fused-ring (bicyclic) bond motifs is 1. The summed E-state index contributed by atoms with van der Waals surface area (Å²) in [5, 5.41) is 26.7. The first-order valence-electron chi connectivity index (χ1n) is 18.9. The van der Waals surface area contributed by atoms with E-state index in [1.807, 2.05) is 58.6 Å². The zero-order valence-electron chi connectivity index (χ0n) is 33.0. The summed E-state index contributed by atoms with van der Waals surface area (Å²) in [6.45, 7) is 17.4. The van der Waals surface area contributed by atoms with Gasteiger partial charge in [-0.3, -0.25) is 9.69 Å². The Morgan fingerprint density at radius 2 is 1.75 bits per heavy atom. The molecule has 0 spiro atoms. The molecule has 3 rings (SSSR count). The minimum Gasteiger partial charge on any atom is -0.458 e. The van der Waals surface area contributed by atoms with Gasteiger partial charge in [-0.15, -0.1) is 0 Å². The first-order chi connectivity index (χ1) is 23.8. The van der Waals surface area contributed by atoms with Crippen LogP contribution in [-0.2, 0) is 33.2 Å². The summed E-state index contributed by atoms with van der Waals surface area (Å²) < 4.78 is 36.5. The minimum absolute atomic E-state index is 0.121. The molecule has 3 aliphatic heterocycles. The normalized spacial score (nSPS) is 41.8. The van der Waals surface area contributed by atoms with Crippen molar-refractivity contribution in [1.29, 1.82) is 0 Å². The highest BCUT2D eigenvalue weighted by Gasteiger charge is 2.58. The van der Waals surface area contributed by atoms with Gasteiger partial charge in [-0.05, 0) is 87.4 Å². The molecule has 51 heavy (non-hydrogen) atoms. The second kappa shape index (κ2) is 18.2. The Morgan fingerprint density at radius 3 is 2.35 bits per heavy atom. The standard InChI is InChI=1S/C37H67N3O11/c1-13-15-16-17-38-34(43)48-29-23(5)30(49-33-28(41)26(39(10)11)18-22(4)46-33)36(8,45)19-21(3)20-40(12)25(7)31-37(9,51-35(44)50-31)27(14-2)47-32(42)24(29)6/h21-31,33,41,45H,13-20H2,1-12H3,(H,38,43)/t21-,22-,23+,24-,25-,26+,27-,28-,29+,30-,31-,33+,36-,37-/m1/s1. The number of nitrogens with one attached hydrogen (secondary N) is 1. The molecule has 0 bridgehead atoms. The van der Waals surface area contributed by atoms with E-state index in [0.29, 0.717) is 25.9 Å². The number of hydrogen-bond donors (Lipinski definition) is 3. The van der Waals surface area contributed by atoms with E-state index in [1.54, 1.807) is 27.7 Å². The third-order valence-electron chi connectivity index (χ3n) is 11.2. The van der Waals surface area contributed by atoms with Gasteiger partial charge in [0.15, 0.2) is 18.0 Å². The molecule has 3 saturated heterocycles. The third kappa shape index (κ3) is 10.5. The van der Waals surface area contributed by atoms with Gasteiger partial charge < -0.3 is 48.9 Å². The number of hydrogen-bond acceptors (Lipinski definition) is 13. The van der Waals surface area contributed by atoms with Crippen LogP contribution in [0.2, 0.25) is 0 Å². The molecule has 0 unspecified atom stereocenters. The minimum atomic E-state index is -1.56. The molecule has 14 nitrogen and oxygen atoms in total. The summed E-state index contributed by atoms with van der Waals surface area (Å²) in [4.78, 5) is 44.0. The van der Waals surface area contributed by atoms with Crippen molar-refractivity contribution in [2.24, 2.45) is 17.8 Å². The molecule has 0 aromatic rings. The van der Waals surface area contributed by atoms with Crippen LogP contribution >= 0.6 is 0 Å². The lowest BCUT2D eigenvalue weighted by Crippen LogP contribution is -2.59. The molecular formula is C37H67N3O11. The third-order valence-corrected chi connectivity index (χ3v) is 11.2. The molecule has 3 heterocycles. The van der Waals surface area contributed by atoms with Crippen LogP contribution < -0.4 is 5.32 Å². The second-order valence-electron chi connectivity index (χ2n) is 16.0. The van der Waals surface area contributed by atoms with E-state index in [-0.39, 0.29) is 30.5 Å². The smallest absolute Gasteiger partial charge is 0.458 e.